The third-order valence-electron chi connectivity index (χ3n) is 6.48. The molecule has 0 radical (unpaired) electrons. The van der Waals surface area contributed by atoms with Gasteiger partial charge in [0.15, 0.2) is 0 Å². The van der Waals surface area contributed by atoms with Crippen molar-refractivity contribution in [2.75, 3.05) is 31.1 Å². The van der Waals surface area contributed by atoms with Gasteiger partial charge in [-0.3, -0.25) is 4.79 Å². The van der Waals surface area contributed by atoms with Gasteiger partial charge in [0.25, 0.3) is 5.91 Å². The first-order valence-corrected chi connectivity index (χ1v) is 12.2. The molecule has 0 spiro atoms. The van der Waals surface area contributed by atoms with Crippen LogP contribution in [0.4, 0.5) is 23.4 Å². The normalized spacial score (nSPS) is 16.3. The number of aromatic nitrogens is 1. The van der Waals surface area contributed by atoms with Crippen molar-refractivity contribution < 1.29 is 31.9 Å². The van der Waals surface area contributed by atoms with Crippen molar-refractivity contribution in [2.45, 2.75) is 6.18 Å². The van der Waals surface area contributed by atoms with Gasteiger partial charge >= 0.3 is 12.1 Å². The van der Waals surface area contributed by atoms with Gasteiger partial charge in [0.05, 0.1) is 16.7 Å². The van der Waals surface area contributed by atoms with E-state index in [-0.39, 0.29) is 28.5 Å². The molecule has 2 aliphatic heterocycles. The summed E-state index contributed by atoms with van der Waals surface area (Å²) in [5.41, 5.74) is 1.34. The van der Waals surface area contributed by atoms with Gasteiger partial charge in [-0.15, -0.1) is 0 Å². The molecule has 0 atom stereocenters. The number of carbonyl (C=O) groups excluding carboxylic acids is 2. The van der Waals surface area contributed by atoms with Crippen LogP contribution in [0.5, 0.6) is 0 Å². The smallest absolute Gasteiger partial charge is 0.409 e. The van der Waals surface area contributed by atoms with Gasteiger partial charge in [-0.2, -0.15) is 18.4 Å². The third kappa shape index (κ3) is 5.71. The summed E-state index contributed by atoms with van der Waals surface area (Å²) in [7, 11) is 0. The highest BCUT2D eigenvalue weighted by Gasteiger charge is 2.28. The van der Waals surface area contributed by atoms with Crippen LogP contribution in [-0.2, 0) is 4.74 Å². The summed E-state index contributed by atoms with van der Waals surface area (Å²) in [6, 6.07) is 13.4. The molecule has 5 rings (SSSR count). The maximum Gasteiger partial charge on any atom is 0.409 e. The third-order valence-corrected chi connectivity index (χ3v) is 6.48. The number of rotatable bonds is 4. The fourth-order valence-corrected chi connectivity index (χ4v) is 4.45. The minimum atomic E-state index is -4.49. The number of esters is 1. The van der Waals surface area contributed by atoms with E-state index in [0.717, 1.165) is 12.1 Å². The van der Waals surface area contributed by atoms with Crippen LogP contribution in [-0.4, -0.2) is 54.1 Å². The summed E-state index contributed by atoms with van der Waals surface area (Å²) in [5, 5.41) is 8.93. The molecule has 0 unspecified atom stereocenters. The molecule has 0 N–H and O–H groups in total. The lowest BCUT2D eigenvalue weighted by molar-refractivity contribution is -0.0790. The fraction of sp³-hybridized carbons (Fsp3) is 0.172. The van der Waals surface area contributed by atoms with E-state index >= 15 is 0 Å². The highest BCUT2D eigenvalue weighted by Crippen LogP contribution is 2.33. The zero-order chi connectivity index (χ0) is 28.4. The first kappa shape index (κ1) is 26.6. The predicted molar refractivity (Wildman–Crippen MR) is 138 cm³/mol. The summed E-state index contributed by atoms with van der Waals surface area (Å²) in [6.07, 6.45) is -0.608. The first-order chi connectivity index (χ1) is 19.1. The number of anilines is 1. The van der Waals surface area contributed by atoms with Gasteiger partial charge < -0.3 is 14.5 Å². The Morgan fingerprint density at radius 2 is 1.75 bits per heavy atom. The average molecular weight is 548 g/mol. The highest BCUT2D eigenvalue weighted by atomic mass is 19.4. The van der Waals surface area contributed by atoms with Crippen LogP contribution in [0.15, 0.2) is 60.8 Å². The van der Waals surface area contributed by atoms with Gasteiger partial charge in [0, 0.05) is 44.0 Å². The number of benzene rings is 2. The van der Waals surface area contributed by atoms with Crippen LogP contribution >= 0.6 is 0 Å². The molecule has 40 heavy (non-hydrogen) atoms. The number of amides is 1. The second-order valence-corrected chi connectivity index (χ2v) is 9.11. The minimum absolute atomic E-state index is 0.0794. The van der Waals surface area contributed by atoms with Crippen LogP contribution in [0.2, 0.25) is 0 Å². The Balaban J connectivity index is 1.34. The standard InChI is InChI=1S/C29H20F4N4O3/c30-24-5-2-19(15-25-22-13-18(7-8-29(31,32)33)1-4-21(22)28(39)40-25)14-23(24)27(38)37-11-9-36(10-12-37)26-6-3-20(16-34)17-35-26/h1-8,13-15,17H,9-12H2/b8-7+,25-15-. The molecule has 1 amide bonds. The zero-order valence-electron chi connectivity index (χ0n) is 20.8. The molecular weight excluding hydrogens is 528 g/mol. The Morgan fingerprint density at radius 3 is 2.42 bits per heavy atom. The topological polar surface area (TPSA) is 86.5 Å². The largest absolute Gasteiger partial charge is 0.422 e. The lowest BCUT2D eigenvalue weighted by Crippen LogP contribution is -2.49. The van der Waals surface area contributed by atoms with E-state index in [9.17, 15) is 27.2 Å². The van der Waals surface area contributed by atoms with Crippen molar-refractivity contribution in [3.63, 3.8) is 0 Å². The number of ether oxygens (including phenoxy) is 1. The quantitative estimate of drug-likeness (QED) is 0.325. The molecule has 3 heterocycles. The number of alkyl halides is 3. The maximum atomic E-state index is 14.7. The molecule has 2 aliphatic rings. The number of pyridine rings is 1. The van der Waals surface area contributed by atoms with Crippen molar-refractivity contribution in [1.29, 1.82) is 5.26 Å². The molecule has 0 saturated carbocycles. The molecule has 2 aromatic carbocycles. The van der Waals surface area contributed by atoms with E-state index in [1.54, 1.807) is 12.1 Å². The number of carbonyl (C=O) groups is 2. The van der Waals surface area contributed by atoms with Crippen molar-refractivity contribution in [1.82, 2.24) is 9.88 Å². The molecule has 3 aromatic rings. The SMILES string of the molecule is N#Cc1ccc(N2CCN(C(=O)c3cc(/C=C4\OC(=O)c5ccc(/C=C/C(F)(F)F)cc54)ccc3F)CC2)nc1. The van der Waals surface area contributed by atoms with Crippen LogP contribution in [0.25, 0.3) is 17.9 Å². The van der Waals surface area contributed by atoms with Crippen molar-refractivity contribution in [3.8, 4) is 6.07 Å². The molecule has 1 aromatic heterocycles. The van der Waals surface area contributed by atoms with Crippen molar-refractivity contribution in [2.24, 2.45) is 0 Å². The lowest BCUT2D eigenvalue weighted by atomic mass is 10.0. The fourth-order valence-electron chi connectivity index (χ4n) is 4.45. The molecule has 0 aliphatic carbocycles. The Kier molecular flexibility index (Phi) is 7.09. The average Bonchev–Trinajstić information content (AvgIpc) is 3.26. The Labute approximate surface area is 226 Å². The summed E-state index contributed by atoms with van der Waals surface area (Å²) in [6.45, 7) is 1.58. The molecular formula is C29H20F4N4O3. The number of nitriles is 1. The lowest BCUT2D eigenvalue weighted by Gasteiger charge is -2.35. The minimum Gasteiger partial charge on any atom is -0.422 e. The van der Waals surface area contributed by atoms with E-state index in [0.29, 0.717) is 48.7 Å². The van der Waals surface area contributed by atoms with E-state index in [4.69, 9.17) is 10.00 Å². The number of halogens is 4. The van der Waals surface area contributed by atoms with Crippen molar-refractivity contribution in [3.05, 3.63) is 100 Å². The van der Waals surface area contributed by atoms with Crippen LogP contribution in [0.1, 0.15) is 43.0 Å². The number of nitrogens with zero attached hydrogens (tertiary/aromatic N) is 4. The highest BCUT2D eigenvalue weighted by molar-refractivity contribution is 6.06. The van der Waals surface area contributed by atoms with Gasteiger partial charge in [0.1, 0.15) is 23.5 Å². The number of hydrogen-bond acceptors (Lipinski definition) is 6. The molecule has 11 heteroatoms. The zero-order valence-corrected chi connectivity index (χ0v) is 20.8. The van der Waals surface area contributed by atoms with Gasteiger partial charge in [-0.05, 0) is 53.6 Å². The monoisotopic (exact) mass is 548 g/mol. The molecule has 1 saturated heterocycles. The number of piperazine rings is 1. The Hall–Kier alpha value is -4.98. The van der Waals surface area contributed by atoms with E-state index in [1.165, 1.54) is 47.5 Å². The number of cyclic esters (lactones) is 1. The molecule has 1 fully saturated rings. The van der Waals surface area contributed by atoms with E-state index in [1.807, 2.05) is 11.0 Å². The summed E-state index contributed by atoms with van der Waals surface area (Å²) < 4.78 is 57.8. The number of hydrogen-bond donors (Lipinski definition) is 0. The second kappa shape index (κ2) is 10.6. The Morgan fingerprint density at radius 1 is 1.00 bits per heavy atom. The van der Waals surface area contributed by atoms with Crippen molar-refractivity contribution >= 4 is 35.6 Å². The van der Waals surface area contributed by atoms with E-state index in [2.05, 4.69) is 4.98 Å². The van der Waals surface area contributed by atoms with Crippen LogP contribution in [0.3, 0.4) is 0 Å². The summed E-state index contributed by atoms with van der Waals surface area (Å²) in [5.74, 6) is -1.13. The molecule has 202 valence electrons. The summed E-state index contributed by atoms with van der Waals surface area (Å²) in [4.78, 5) is 33.2. The predicted octanol–water partition coefficient (Wildman–Crippen LogP) is 5.30. The summed E-state index contributed by atoms with van der Waals surface area (Å²) >= 11 is 0. The van der Waals surface area contributed by atoms with Gasteiger partial charge in [0.2, 0.25) is 0 Å². The van der Waals surface area contributed by atoms with Gasteiger partial charge in [-0.25, -0.2) is 14.2 Å². The second-order valence-electron chi connectivity index (χ2n) is 9.11. The Bertz CT molecular complexity index is 1580. The van der Waals surface area contributed by atoms with Gasteiger partial charge in [-0.1, -0.05) is 18.2 Å². The molecule has 7 nitrogen and oxygen atoms in total. The number of fused-ring (bicyclic) bond motifs is 1. The molecule has 0 bridgehead atoms. The van der Waals surface area contributed by atoms with Crippen LogP contribution in [0, 0.1) is 17.1 Å². The van der Waals surface area contributed by atoms with Crippen LogP contribution < -0.4 is 4.90 Å². The maximum absolute atomic E-state index is 14.7. The first-order valence-electron chi connectivity index (χ1n) is 12.2. The number of allylic oxidation sites excluding steroid dienone is 1. The van der Waals surface area contributed by atoms with E-state index < -0.39 is 23.9 Å².